The van der Waals surface area contributed by atoms with Crippen molar-refractivity contribution in [3.05, 3.63) is 11.1 Å². The van der Waals surface area contributed by atoms with Gasteiger partial charge in [0.25, 0.3) is 0 Å². The second kappa shape index (κ2) is 6.54. The number of carbonyl (C=O) groups excluding carboxylic acids is 2. The van der Waals surface area contributed by atoms with Crippen LogP contribution < -0.4 is 0 Å². The van der Waals surface area contributed by atoms with Gasteiger partial charge in [-0.05, 0) is 44.6 Å². The number of carbonyl (C=O) groups is 2. The van der Waals surface area contributed by atoms with Crippen LogP contribution in [0.4, 0.5) is 0 Å². The zero-order chi connectivity index (χ0) is 11.1. The van der Waals surface area contributed by atoms with Crippen molar-refractivity contribution in [2.45, 2.75) is 58.3 Å². The Bertz CT molecular complexity index is 264. The minimum absolute atomic E-state index is 0.356. The van der Waals surface area contributed by atoms with Gasteiger partial charge in [0.2, 0.25) is 0 Å². The summed E-state index contributed by atoms with van der Waals surface area (Å²) < 4.78 is 0. The molecule has 0 atom stereocenters. The van der Waals surface area contributed by atoms with Gasteiger partial charge in [-0.3, -0.25) is 4.79 Å². The lowest BCUT2D eigenvalue weighted by Crippen LogP contribution is -2.10. The van der Waals surface area contributed by atoms with Gasteiger partial charge >= 0.3 is 0 Å². The van der Waals surface area contributed by atoms with E-state index in [1.165, 1.54) is 5.57 Å². The molecule has 0 N–H and O–H groups in total. The maximum atomic E-state index is 11.6. The second-order valence-electron chi connectivity index (χ2n) is 4.30. The number of hydrogen-bond donors (Lipinski definition) is 0. The molecule has 0 aromatic rings. The first kappa shape index (κ1) is 12.2. The van der Waals surface area contributed by atoms with Crippen LogP contribution in [0, 0.1) is 0 Å². The Hall–Kier alpha value is -0.920. The number of Topliss-reactive ketones (excluding diaryl/α,β-unsaturated/α-hetero) is 1. The van der Waals surface area contributed by atoms with Crippen molar-refractivity contribution in [2.75, 3.05) is 0 Å². The molecule has 0 aromatic heterocycles. The number of rotatable bonds is 6. The van der Waals surface area contributed by atoms with E-state index in [-0.39, 0.29) is 0 Å². The third-order valence-corrected chi connectivity index (χ3v) is 3.06. The van der Waals surface area contributed by atoms with E-state index in [0.29, 0.717) is 12.2 Å². The van der Waals surface area contributed by atoms with E-state index in [4.69, 9.17) is 0 Å². The molecule has 0 amide bonds. The fourth-order valence-electron chi connectivity index (χ4n) is 2.11. The predicted molar refractivity (Wildman–Crippen MR) is 60.7 cm³/mol. The molecule has 0 fully saturated rings. The molecule has 15 heavy (non-hydrogen) atoms. The third kappa shape index (κ3) is 3.98. The van der Waals surface area contributed by atoms with Crippen molar-refractivity contribution in [3.8, 4) is 0 Å². The quantitative estimate of drug-likeness (QED) is 0.496. The fraction of sp³-hybridized carbons (Fsp3) is 0.692. The van der Waals surface area contributed by atoms with Gasteiger partial charge in [0, 0.05) is 12.8 Å². The van der Waals surface area contributed by atoms with E-state index in [2.05, 4.69) is 6.92 Å². The van der Waals surface area contributed by atoms with Gasteiger partial charge in [0.05, 0.1) is 0 Å². The van der Waals surface area contributed by atoms with Crippen molar-refractivity contribution in [3.63, 3.8) is 0 Å². The zero-order valence-corrected chi connectivity index (χ0v) is 9.55. The maximum Gasteiger partial charge on any atom is 0.158 e. The first-order valence-corrected chi connectivity index (χ1v) is 5.91. The Morgan fingerprint density at radius 1 is 1.20 bits per heavy atom. The van der Waals surface area contributed by atoms with Crippen LogP contribution in [0.15, 0.2) is 11.1 Å². The van der Waals surface area contributed by atoms with Crippen molar-refractivity contribution in [1.29, 1.82) is 0 Å². The maximum absolute atomic E-state index is 11.6. The van der Waals surface area contributed by atoms with E-state index >= 15 is 0 Å². The van der Waals surface area contributed by atoms with Crippen LogP contribution in [-0.2, 0) is 9.59 Å². The van der Waals surface area contributed by atoms with Crippen LogP contribution in [0.3, 0.4) is 0 Å². The highest BCUT2D eigenvalue weighted by Crippen LogP contribution is 2.25. The van der Waals surface area contributed by atoms with Crippen molar-refractivity contribution in [1.82, 2.24) is 0 Å². The molecule has 1 aliphatic carbocycles. The van der Waals surface area contributed by atoms with Gasteiger partial charge in [0.1, 0.15) is 6.29 Å². The molecular weight excluding hydrogens is 188 g/mol. The molecule has 0 aromatic carbocycles. The van der Waals surface area contributed by atoms with Crippen LogP contribution >= 0.6 is 0 Å². The summed E-state index contributed by atoms with van der Waals surface area (Å²) in [7, 11) is 0. The smallest absolute Gasteiger partial charge is 0.158 e. The lowest BCUT2D eigenvalue weighted by molar-refractivity contribution is -0.116. The minimum atomic E-state index is 0.356. The van der Waals surface area contributed by atoms with E-state index in [9.17, 15) is 9.59 Å². The first-order chi connectivity index (χ1) is 7.25. The summed E-state index contributed by atoms with van der Waals surface area (Å²) in [5.74, 6) is 0.356. The molecule has 1 aliphatic rings. The summed E-state index contributed by atoms with van der Waals surface area (Å²) in [5, 5.41) is 0. The molecule has 2 heteroatoms. The van der Waals surface area contributed by atoms with Gasteiger partial charge in [-0.15, -0.1) is 0 Å². The molecule has 0 aliphatic heterocycles. The van der Waals surface area contributed by atoms with Gasteiger partial charge in [-0.25, -0.2) is 0 Å². The van der Waals surface area contributed by atoms with Gasteiger partial charge in [-0.1, -0.05) is 12.0 Å². The average Bonchev–Trinajstić information content (AvgIpc) is 2.21. The first-order valence-electron chi connectivity index (χ1n) is 5.91. The van der Waals surface area contributed by atoms with E-state index < -0.39 is 0 Å². The molecule has 0 saturated heterocycles. The SMILES string of the molecule is CC1=C(CCCCCC=O)C(=O)CCC1. The highest BCUT2D eigenvalue weighted by Gasteiger charge is 2.16. The van der Waals surface area contributed by atoms with Crippen LogP contribution in [0.5, 0.6) is 0 Å². The summed E-state index contributed by atoms with van der Waals surface area (Å²) in [6, 6.07) is 0. The van der Waals surface area contributed by atoms with Crippen LogP contribution in [0.2, 0.25) is 0 Å². The van der Waals surface area contributed by atoms with E-state index in [1.54, 1.807) is 0 Å². The monoisotopic (exact) mass is 208 g/mol. The van der Waals surface area contributed by atoms with Crippen molar-refractivity contribution >= 4 is 12.1 Å². The highest BCUT2D eigenvalue weighted by molar-refractivity contribution is 5.96. The molecular formula is C13H20O2. The fourth-order valence-corrected chi connectivity index (χ4v) is 2.11. The van der Waals surface area contributed by atoms with Crippen molar-refractivity contribution in [2.24, 2.45) is 0 Å². The molecule has 2 nitrogen and oxygen atoms in total. The molecule has 0 bridgehead atoms. The second-order valence-corrected chi connectivity index (χ2v) is 4.30. The van der Waals surface area contributed by atoms with E-state index in [0.717, 1.165) is 56.8 Å². The van der Waals surface area contributed by atoms with Crippen LogP contribution in [0.25, 0.3) is 0 Å². The summed E-state index contributed by atoms with van der Waals surface area (Å²) in [6.07, 6.45) is 8.47. The summed E-state index contributed by atoms with van der Waals surface area (Å²) in [6.45, 7) is 2.08. The Kier molecular flexibility index (Phi) is 5.30. The highest BCUT2D eigenvalue weighted by atomic mass is 16.1. The molecule has 0 spiro atoms. The topological polar surface area (TPSA) is 34.1 Å². The number of ketones is 1. The molecule has 0 unspecified atom stereocenters. The van der Waals surface area contributed by atoms with Gasteiger partial charge in [-0.2, -0.15) is 0 Å². The van der Waals surface area contributed by atoms with Crippen LogP contribution in [-0.4, -0.2) is 12.1 Å². The number of aldehydes is 1. The standard InChI is InChI=1S/C13H20O2/c1-11-7-6-9-13(15)12(11)8-4-2-3-5-10-14/h10H,2-9H2,1H3. The predicted octanol–water partition coefficient (Wildman–Crippen LogP) is 3.21. The Labute approximate surface area is 91.7 Å². The lowest BCUT2D eigenvalue weighted by Gasteiger charge is -2.16. The molecule has 84 valence electrons. The molecule has 0 saturated carbocycles. The Morgan fingerprint density at radius 2 is 2.00 bits per heavy atom. The average molecular weight is 208 g/mol. The van der Waals surface area contributed by atoms with Gasteiger partial charge < -0.3 is 4.79 Å². The summed E-state index contributed by atoms with van der Waals surface area (Å²) >= 11 is 0. The van der Waals surface area contributed by atoms with Crippen molar-refractivity contribution < 1.29 is 9.59 Å². The van der Waals surface area contributed by atoms with E-state index in [1.807, 2.05) is 0 Å². The number of hydrogen-bond acceptors (Lipinski definition) is 2. The largest absolute Gasteiger partial charge is 0.303 e. The minimum Gasteiger partial charge on any atom is -0.303 e. The third-order valence-electron chi connectivity index (χ3n) is 3.06. The molecule has 0 radical (unpaired) electrons. The molecule has 0 heterocycles. The normalized spacial score (nSPS) is 17.0. The number of allylic oxidation sites excluding steroid dienone is 2. The summed E-state index contributed by atoms with van der Waals surface area (Å²) in [5.41, 5.74) is 2.37. The Morgan fingerprint density at radius 3 is 2.67 bits per heavy atom. The Balaban J connectivity index is 2.30. The van der Waals surface area contributed by atoms with Gasteiger partial charge in [0.15, 0.2) is 5.78 Å². The lowest BCUT2D eigenvalue weighted by atomic mass is 9.88. The van der Waals surface area contributed by atoms with Crippen LogP contribution in [0.1, 0.15) is 58.3 Å². The molecule has 1 rings (SSSR count). The zero-order valence-electron chi connectivity index (χ0n) is 9.55. The summed E-state index contributed by atoms with van der Waals surface area (Å²) in [4.78, 5) is 21.7. The number of unbranched alkanes of at least 4 members (excludes halogenated alkanes) is 3.